The van der Waals surface area contributed by atoms with Crippen molar-refractivity contribution in [3.8, 4) is 5.75 Å². The van der Waals surface area contributed by atoms with Gasteiger partial charge in [-0.1, -0.05) is 6.07 Å². The molecule has 0 unspecified atom stereocenters. The number of ether oxygens (including phenoxy) is 1. The van der Waals surface area contributed by atoms with Crippen molar-refractivity contribution in [2.45, 2.75) is 0 Å². The van der Waals surface area contributed by atoms with Crippen LogP contribution in [-0.2, 0) is 4.79 Å². The van der Waals surface area contributed by atoms with Crippen molar-refractivity contribution in [2.24, 2.45) is 0 Å². The fourth-order valence-corrected chi connectivity index (χ4v) is 3.30. The molecule has 1 N–H and O–H groups in total. The normalized spacial score (nSPS) is 15.3. The first kappa shape index (κ1) is 18.7. The van der Waals surface area contributed by atoms with E-state index >= 15 is 0 Å². The van der Waals surface area contributed by atoms with E-state index in [0.29, 0.717) is 16.2 Å². The molecule has 7 nitrogen and oxygen atoms in total. The number of methoxy groups -OCH3 is 1. The van der Waals surface area contributed by atoms with E-state index in [1.54, 1.807) is 62.0 Å². The monoisotopic (exact) mass is 383 g/mol. The predicted molar refractivity (Wildman–Crippen MR) is 102 cm³/mol. The summed E-state index contributed by atoms with van der Waals surface area (Å²) in [6, 6.07) is 10.2. The minimum absolute atomic E-state index is 0.108. The fourth-order valence-electron chi connectivity index (χ4n) is 2.43. The maximum atomic E-state index is 12.4. The van der Waals surface area contributed by atoms with Crippen LogP contribution in [0.2, 0.25) is 0 Å². The van der Waals surface area contributed by atoms with Crippen molar-refractivity contribution in [1.29, 1.82) is 0 Å². The first-order valence-electron chi connectivity index (χ1n) is 8.16. The third-order valence-corrected chi connectivity index (χ3v) is 4.74. The lowest BCUT2D eigenvalue weighted by Gasteiger charge is -2.13. The van der Waals surface area contributed by atoms with E-state index in [9.17, 15) is 14.4 Å². The van der Waals surface area contributed by atoms with Crippen LogP contribution in [0.25, 0.3) is 6.08 Å². The Hall–Kier alpha value is -3.13. The summed E-state index contributed by atoms with van der Waals surface area (Å²) in [6.45, 7) is 0.278. The Morgan fingerprint density at radius 1 is 1.26 bits per heavy atom. The number of imide groups is 1. The molecule has 1 aliphatic heterocycles. The van der Waals surface area contributed by atoms with Crippen molar-refractivity contribution in [2.75, 3.05) is 20.2 Å². The summed E-state index contributed by atoms with van der Waals surface area (Å²) < 4.78 is 5.05. The third kappa shape index (κ3) is 4.53. The van der Waals surface area contributed by atoms with Crippen LogP contribution in [-0.4, -0.2) is 47.1 Å². The Kier molecular flexibility index (Phi) is 5.87. The number of hydrogen-bond donors (Lipinski definition) is 1. The maximum absolute atomic E-state index is 12.4. The molecule has 1 saturated heterocycles. The molecule has 27 heavy (non-hydrogen) atoms. The number of pyridine rings is 1. The van der Waals surface area contributed by atoms with Gasteiger partial charge in [-0.25, -0.2) is 0 Å². The topological polar surface area (TPSA) is 88.6 Å². The highest BCUT2D eigenvalue weighted by atomic mass is 32.2. The second kappa shape index (κ2) is 8.50. The van der Waals surface area contributed by atoms with E-state index < -0.39 is 0 Å². The van der Waals surface area contributed by atoms with E-state index in [1.807, 2.05) is 0 Å². The molecule has 1 fully saturated rings. The van der Waals surface area contributed by atoms with Crippen LogP contribution in [0.5, 0.6) is 5.75 Å². The van der Waals surface area contributed by atoms with Crippen molar-refractivity contribution in [3.63, 3.8) is 0 Å². The van der Waals surface area contributed by atoms with Gasteiger partial charge in [-0.3, -0.25) is 24.3 Å². The minimum Gasteiger partial charge on any atom is -0.497 e. The van der Waals surface area contributed by atoms with E-state index in [4.69, 9.17) is 4.74 Å². The molecule has 0 saturated carbocycles. The Morgan fingerprint density at radius 2 is 2.04 bits per heavy atom. The third-order valence-electron chi connectivity index (χ3n) is 3.83. The zero-order valence-corrected chi connectivity index (χ0v) is 15.4. The van der Waals surface area contributed by atoms with Crippen LogP contribution in [0.3, 0.4) is 0 Å². The predicted octanol–water partition coefficient (Wildman–Crippen LogP) is 2.56. The van der Waals surface area contributed by atoms with Gasteiger partial charge in [-0.05, 0) is 53.7 Å². The molecule has 0 radical (unpaired) electrons. The number of benzene rings is 1. The van der Waals surface area contributed by atoms with E-state index in [1.165, 1.54) is 0 Å². The summed E-state index contributed by atoms with van der Waals surface area (Å²) in [5.41, 5.74) is 1.22. The number of amides is 3. The van der Waals surface area contributed by atoms with Gasteiger partial charge in [0.15, 0.2) is 0 Å². The van der Waals surface area contributed by atoms with Gasteiger partial charge in [0.1, 0.15) is 5.75 Å². The number of rotatable bonds is 6. The minimum atomic E-state index is -0.368. The van der Waals surface area contributed by atoms with Crippen LogP contribution in [0.1, 0.15) is 15.9 Å². The number of nitrogens with one attached hydrogen (secondary N) is 1. The van der Waals surface area contributed by atoms with Gasteiger partial charge in [0.05, 0.1) is 12.0 Å². The number of thioether (sulfide) groups is 1. The lowest BCUT2D eigenvalue weighted by atomic mass is 10.2. The van der Waals surface area contributed by atoms with Crippen molar-refractivity contribution in [3.05, 3.63) is 64.8 Å². The summed E-state index contributed by atoms with van der Waals surface area (Å²) in [6.07, 6.45) is 4.88. The number of nitrogens with zero attached hydrogens (tertiary/aromatic N) is 2. The molecule has 2 aromatic rings. The lowest BCUT2D eigenvalue weighted by molar-refractivity contribution is -0.122. The zero-order chi connectivity index (χ0) is 19.2. The molecule has 3 amide bonds. The summed E-state index contributed by atoms with van der Waals surface area (Å²) >= 11 is 0.880. The molecule has 1 aliphatic rings. The van der Waals surface area contributed by atoms with Gasteiger partial charge >= 0.3 is 0 Å². The molecule has 2 heterocycles. The smallest absolute Gasteiger partial charge is 0.293 e. The summed E-state index contributed by atoms with van der Waals surface area (Å²) in [5, 5.41) is 2.35. The van der Waals surface area contributed by atoms with Crippen molar-refractivity contribution >= 4 is 34.9 Å². The SMILES string of the molecule is COc1ccc(C(=O)NCCN2C(=O)S/C(=C\c3cccnc3)C2=O)cc1. The van der Waals surface area contributed by atoms with Crippen LogP contribution in [0.4, 0.5) is 4.79 Å². The molecule has 1 aromatic heterocycles. The zero-order valence-electron chi connectivity index (χ0n) is 14.5. The second-order valence-corrected chi connectivity index (χ2v) is 6.60. The first-order valence-corrected chi connectivity index (χ1v) is 8.98. The van der Waals surface area contributed by atoms with E-state index in [2.05, 4.69) is 10.3 Å². The second-order valence-electron chi connectivity index (χ2n) is 5.60. The van der Waals surface area contributed by atoms with Gasteiger partial charge in [-0.15, -0.1) is 0 Å². The molecule has 0 bridgehead atoms. The van der Waals surface area contributed by atoms with Gasteiger partial charge in [0.25, 0.3) is 17.1 Å². The molecule has 138 valence electrons. The summed E-state index contributed by atoms with van der Waals surface area (Å²) in [7, 11) is 1.55. The fraction of sp³-hybridized carbons (Fsp3) is 0.158. The van der Waals surface area contributed by atoms with Crippen LogP contribution < -0.4 is 10.1 Å². The highest BCUT2D eigenvalue weighted by molar-refractivity contribution is 8.18. The number of hydrogen-bond acceptors (Lipinski definition) is 6. The van der Waals surface area contributed by atoms with Crippen molar-refractivity contribution < 1.29 is 19.1 Å². The molecule has 8 heteroatoms. The molecule has 0 aliphatic carbocycles. The highest BCUT2D eigenvalue weighted by Gasteiger charge is 2.34. The summed E-state index contributed by atoms with van der Waals surface area (Å²) in [5.74, 6) is 0.00726. The number of carbonyl (C=O) groups excluding carboxylic acids is 3. The highest BCUT2D eigenvalue weighted by Crippen LogP contribution is 2.31. The van der Waals surface area contributed by atoms with Gasteiger partial charge in [-0.2, -0.15) is 0 Å². The van der Waals surface area contributed by atoms with E-state index in [-0.39, 0.29) is 30.1 Å². The Balaban J connectivity index is 1.56. The molecular weight excluding hydrogens is 366 g/mol. The Bertz CT molecular complexity index is 882. The van der Waals surface area contributed by atoms with Gasteiger partial charge < -0.3 is 10.1 Å². The first-order chi connectivity index (χ1) is 13.1. The molecule has 0 spiro atoms. The van der Waals surface area contributed by atoms with Crippen LogP contribution in [0, 0.1) is 0 Å². The average molecular weight is 383 g/mol. The molecular formula is C19H17N3O4S. The Labute approximate surface area is 160 Å². The number of aromatic nitrogens is 1. The van der Waals surface area contributed by atoms with Gasteiger partial charge in [0.2, 0.25) is 0 Å². The largest absolute Gasteiger partial charge is 0.497 e. The van der Waals surface area contributed by atoms with Crippen molar-refractivity contribution in [1.82, 2.24) is 15.2 Å². The standard InChI is InChI=1S/C19H17N3O4S/c1-26-15-6-4-14(5-7-15)17(23)21-9-10-22-18(24)16(27-19(22)25)11-13-3-2-8-20-12-13/h2-8,11-12H,9-10H2,1H3,(H,21,23)/b16-11-. The molecule has 1 aromatic carbocycles. The maximum Gasteiger partial charge on any atom is 0.293 e. The molecule has 3 rings (SSSR count). The van der Waals surface area contributed by atoms with Crippen LogP contribution in [0.15, 0.2) is 53.7 Å². The molecule has 0 atom stereocenters. The van der Waals surface area contributed by atoms with Crippen LogP contribution >= 0.6 is 11.8 Å². The number of carbonyl (C=O) groups is 3. The van der Waals surface area contributed by atoms with E-state index in [0.717, 1.165) is 22.2 Å². The average Bonchev–Trinajstić information content (AvgIpc) is 2.96. The van der Waals surface area contributed by atoms with Gasteiger partial charge in [0, 0.05) is 31.0 Å². The Morgan fingerprint density at radius 3 is 2.70 bits per heavy atom. The quantitative estimate of drug-likeness (QED) is 0.772. The summed E-state index contributed by atoms with van der Waals surface area (Å²) in [4.78, 5) is 42.1. The lowest BCUT2D eigenvalue weighted by Crippen LogP contribution is -2.37.